The van der Waals surface area contributed by atoms with E-state index in [1.165, 1.54) is 0 Å². The van der Waals surface area contributed by atoms with Crippen molar-refractivity contribution in [2.75, 3.05) is 6.61 Å². The average Bonchev–Trinajstić information content (AvgIpc) is 2.08. The lowest BCUT2D eigenvalue weighted by molar-refractivity contribution is 0.0473. The summed E-state index contributed by atoms with van der Waals surface area (Å²) >= 11 is 0. The number of aliphatic hydroxyl groups excluding tert-OH is 1. The van der Waals surface area contributed by atoms with Crippen LogP contribution >= 0.6 is 0 Å². The fraction of sp³-hybridized carbons (Fsp3) is 0.769. The first-order valence-electron chi connectivity index (χ1n) is 5.93. The predicted molar refractivity (Wildman–Crippen MR) is 68.9 cm³/mol. The summed E-state index contributed by atoms with van der Waals surface area (Å²) in [4.78, 5) is 11.6. The van der Waals surface area contributed by atoms with E-state index in [-0.39, 0.29) is 12.1 Å². The van der Waals surface area contributed by atoms with E-state index in [0.29, 0.717) is 12.8 Å². The molecule has 4 nitrogen and oxygen atoms in total. The molecule has 0 atom stereocenters. The molecule has 0 aliphatic heterocycles. The Hall–Kier alpha value is -1.03. The lowest BCUT2D eigenvalue weighted by Crippen LogP contribution is -2.45. The minimum atomic E-state index is -0.479. The molecule has 1 amide bonds. The Balaban J connectivity index is 4.11. The van der Waals surface area contributed by atoms with Crippen molar-refractivity contribution in [3.05, 3.63) is 12.2 Å². The summed E-state index contributed by atoms with van der Waals surface area (Å²) in [7, 11) is 0. The molecule has 0 rings (SSSR count). The first kappa shape index (κ1) is 16.0. The highest BCUT2D eigenvalue weighted by atomic mass is 16.6. The van der Waals surface area contributed by atoms with Crippen LogP contribution in [0, 0.1) is 0 Å². The summed E-state index contributed by atoms with van der Waals surface area (Å²) in [5, 5.41) is 11.4. The SMILES string of the molecule is CC(C)(CC=CCCO)NC(=O)OC(C)(C)C. The number of alkyl carbamates (subject to hydrolysis) is 1. The maximum atomic E-state index is 11.6. The molecule has 4 heteroatoms. The second kappa shape index (κ2) is 6.64. The number of amides is 1. The van der Waals surface area contributed by atoms with Crippen molar-refractivity contribution < 1.29 is 14.6 Å². The summed E-state index contributed by atoms with van der Waals surface area (Å²) in [6.45, 7) is 9.51. The van der Waals surface area contributed by atoms with Crippen molar-refractivity contribution in [1.29, 1.82) is 0 Å². The molecule has 0 saturated carbocycles. The zero-order valence-corrected chi connectivity index (χ0v) is 11.5. The number of ether oxygens (including phenoxy) is 1. The van der Waals surface area contributed by atoms with Crippen LogP contribution in [0.1, 0.15) is 47.5 Å². The normalized spacial score (nSPS) is 12.8. The molecule has 0 heterocycles. The lowest BCUT2D eigenvalue weighted by Gasteiger charge is -2.27. The van der Waals surface area contributed by atoms with Gasteiger partial charge in [0.2, 0.25) is 0 Å². The van der Waals surface area contributed by atoms with Gasteiger partial charge in [-0.05, 0) is 47.5 Å². The van der Waals surface area contributed by atoms with Gasteiger partial charge in [-0.2, -0.15) is 0 Å². The molecule has 100 valence electrons. The molecule has 17 heavy (non-hydrogen) atoms. The van der Waals surface area contributed by atoms with Crippen LogP contribution in [0.3, 0.4) is 0 Å². The Morgan fingerprint density at radius 1 is 1.24 bits per heavy atom. The molecular weight excluding hydrogens is 218 g/mol. The molecule has 0 aromatic carbocycles. The van der Waals surface area contributed by atoms with Crippen molar-refractivity contribution in [3.63, 3.8) is 0 Å². The van der Waals surface area contributed by atoms with Gasteiger partial charge in [0.05, 0.1) is 0 Å². The van der Waals surface area contributed by atoms with Gasteiger partial charge >= 0.3 is 6.09 Å². The Morgan fingerprint density at radius 3 is 2.29 bits per heavy atom. The van der Waals surface area contributed by atoms with Gasteiger partial charge in [-0.3, -0.25) is 0 Å². The van der Waals surface area contributed by atoms with Gasteiger partial charge in [0.1, 0.15) is 5.60 Å². The van der Waals surface area contributed by atoms with Crippen LogP contribution in [0.2, 0.25) is 0 Å². The fourth-order valence-electron chi connectivity index (χ4n) is 1.20. The second-order valence-electron chi connectivity index (χ2n) is 5.70. The molecule has 0 aromatic heterocycles. The Labute approximate surface area is 104 Å². The summed E-state index contributed by atoms with van der Waals surface area (Å²) < 4.78 is 5.19. The van der Waals surface area contributed by atoms with Crippen molar-refractivity contribution in [3.8, 4) is 0 Å². The summed E-state index contributed by atoms with van der Waals surface area (Å²) in [5.74, 6) is 0. The Morgan fingerprint density at radius 2 is 1.82 bits per heavy atom. The van der Waals surface area contributed by atoms with Gasteiger partial charge in [0.15, 0.2) is 0 Å². The fourth-order valence-corrected chi connectivity index (χ4v) is 1.20. The van der Waals surface area contributed by atoms with E-state index in [4.69, 9.17) is 9.84 Å². The van der Waals surface area contributed by atoms with E-state index in [1.54, 1.807) is 0 Å². The zero-order valence-electron chi connectivity index (χ0n) is 11.5. The van der Waals surface area contributed by atoms with Crippen molar-refractivity contribution in [2.24, 2.45) is 0 Å². The van der Waals surface area contributed by atoms with Crippen LogP contribution < -0.4 is 5.32 Å². The average molecular weight is 243 g/mol. The van der Waals surface area contributed by atoms with Gasteiger partial charge in [-0.25, -0.2) is 4.79 Å². The number of carbonyl (C=O) groups excluding carboxylic acids is 1. The second-order valence-corrected chi connectivity index (χ2v) is 5.70. The van der Waals surface area contributed by atoms with Crippen LogP contribution in [0.15, 0.2) is 12.2 Å². The quantitative estimate of drug-likeness (QED) is 0.730. The monoisotopic (exact) mass is 243 g/mol. The Kier molecular flexibility index (Phi) is 6.24. The first-order chi connectivity index (χ1) is 7.66. The standard InChI is InChI=1S/C13H25NO3/c1-12(2,3)17-11(16)14-13(4,5)9-7-6-8-10-15/h6-7,15H,8-10H2,1-5H3,(H,14,16). The van der Waals surface area contributed by atoms with E-state index in [0.717, 1.165) is 0 Å². The Bertz CT molecular complexity index is 264. The molecule has 0 saturated heterocycles. The zero-order chi connectivity index (χ0) is 13.5. The molecule has 0 bridgehead atoms. The highest BCUT2D eigenvalue weighted by molar-refractivity contribution is 5.68. The number of hydrogen-bond donors (Lipinski definition) is 2. The largest absolute Gasteiger partial charge is 0.444 e. The van der Waals surface area contributed by atoms with Crippen molar-refractivity contribution in [1.82, 2.24) is 5.32 Å². The van der Waals surface area contributed by atoms with Gasteiger partial charge in [-0.1, -0.05) is 12.2 Å². The van der Waals surface area contributed by atoms with E-state index < -0.39 is 11.7 Å². The van der Waals surface area contributed by atoms with Crippen LogP contribution in [-0.2, 0) is 4.74 Å². The molecule has 0 spiro atoms. The minimum absolute atomic E-state index is 0.149. The maximum absolute atomic E-state index is 11.6. The van der Waals surface area contributed by atoms with Gasteiger partial charge in [0.25, 0.3) is 0 Å². The molecule has 0 fully saturated rings. The highest BCUT2D eigenvalue weighted by Crippen LogP contribution is 2.12. The molecular formula is C13H25NO3. The number of rotatable bonds is 5. The van der Waals surface area contributed by atoms with Gasteiger partial charge in [-0.15, -0.1) is 0 Å². The van der Waals surface area contributed by atoms with E-state index in [1.807, 2.05) is 46.8 Å². The topological polar surface area (TPSA) is 58.6 Å². The van der Waals surface area contributed by atoms with E-state index >= 15 is 0 Å². The molecule has 0 aromatic rings. The van der Waals surface area contributed by atoms with Gasteiger partial charge in [0, 0.05) is 12.1 Å². The minimum Gasteiger partial charge on any atom is -0.444 e. The maximum Gasteiger partial charge on any atom is 0.408 e. The predicted octanol–water partition coefficient (Wildman–Crippen LogP) is 2.62. The number of hydrogen-bond acceptors (Lipinski definition) is 3. The van der Waals surface area contributed by atoms with Crippen molar-refractivity contribution in [2.45, 2.75) is 58.6 Å². The third-order valence-electron chi connectivity index (χ3n) is 1.93. The van der Waals surface area contributed by atoms with Crippen molar-refractivity contribution >= 4 is 6.09 Å². The smallest absolute Gasteiger partial charge is 0.408 e. The van der Waals surface area contributed by atoms with E-state index in [2.05, 4.69) is 5.32 Å². The van der Waals surface area contributed by atoms with Gasteiger partial charge < -0.3 is 15.2 Å². The molecule has 0 radical (unpaired) electrons. The molecule has 2 N–H and O–H groups in total. The first-order valence-corrected chi connectivity index (χ1v) is 5.93. The number of carbonyl (C=O) groups is 1. The highest BCUT2D eigenvalue weighted by Gasteiger charge is 2.23. The van der Waals surface area contributed by atoms with Crippen LogP contribution in [0.5, 0.6) is 0 Å². The van der Waals surface area contributed by atoms with Crippen LogP contribution in [0.25, 0.3) is 0 Å². The third-order valence-corrected chi connectivity index (χ3v) is 1.93. The number of nitrogens with one attached hydrogen (secondary N) is 1. The number of aliphatic hydroxyl groups is 1. The summed E-state index contributed by atoms with van der Waals surface area (Å²) in [5.41, 5.74) is -0.832. The van der Waals surface area contributed by atoms with Crippen LogP contribution in [0.4, 0.5) is 4.79 Å². The molecule has 0 aliphatic rings. The summed E-state index contributed by atoms with van der Waals surface area (Å²) in [6, 6.07) is 0. The van der Waals surface area contributed by atoms with Crippen LogP contribution in [-0.4, -0.2) is 28.9 Å². The third kappa shape index (κ3) is 9.87. The van der Waals surface area contributed by atoms with E-state index in [9.17, 15) is 4.79 Å². The molecule has 0 aliphatic carbocycles. The lowest BCUT2D eigenvalue weighted by atomic mass is 10.0. The summed E-state index contributed by atoms with van der Waals surface area (Å²) in [6.07, 6.45) is 4.79. The molecule has 0 unspecified atom stereocenters.